The van der Waals surface area contributed by atoms with Gasteiger partial charge in [-0.3, -0.25) is 14.3 Å². The lowest BCUT2D eigenvalue weighted by molar-refractivity contribution is 0.102. The van der Waals surface area contributed by atoms with E-state index >= 15 is 0 Å². The lowest BCUT2D eigenvalue weighted by Gasteiger charge is -2.11. The number of carbonyl (C=O) groups is 1. The number of benzene rings is 1. The molecule has 0 spiro atoms. The molecule has 0 radical (unpaired) electrons. The minimum absolute atomic E-state index is 0.0920. The Bertz CT molecular complexity index is 1310. The average molecular weight is 478 g/mol. The van der Waals surface area contributed by atoms with E-state index in [0.29, 0.717) is 18.3 Å². The molecule has 3 aromatic heterocycles. The fourth-order valence-corrected chi connectivity index (χ4v) is 5.15. The molecule has 0 atom stereocenters. The first kappa shape index (κ1) is 21.9. The zero-order valence-electron chi connectivity index (χ0n) is 18.5. The van der Waals surface area contributed by atoms with Crippen LogP contribution in [0.25, 0.3) is 11.4 Å². The molecule has 0 N–H and O–H groups in total. The first-order valence-electron chi connectivity index (χ1n) is 10.9. The van der Waals surface area contributed by atoms with E-state index in [2.05, 4.69) is 24.3 Å². The minimum atomic E-state index is 0.0920. The Kier molecular flexibility index (Phi) is 6.08. The van der Waals surface area contributed by atoms with Gasteiger partial charge in [0, 0.05) is 52.5 Å². The molecule has 1 aromatic carbocycles. The summed E-state index contributed by atoms with van der Waals surface area (Å²) in [7, 11) is 0. The van der Waals surface area contributed by atoms with Gasteiger partial charge in [0.05, 0.1) is 5.75 Å². The van der Waals surface area contributed by atoms with E-state index in [9.17, 15) is 4.79 Å². The quantitative estimate of drug-likeness (QED) is 0.238. The van der Waals surface area contributed by atoms with Crippen LogP contribution in [0.1, 0.15) is 46.2 Å². The topological polar surface area (TPSA) is 65.6 Å². The van der Waals surface area contributed by atoms with Crippen LogP contribution in [0.5, 0.6) is 0 Å². The molecule has 3 heterocycles. The van der Waals surface area contributed by atoms with Crippen molar-refractivity contribution in [2.75, 3.05) is 5.75 Å². The standard InChI is InChI=1S/C25H24ClN5OS/c1-16-13-21(17(2)30(16)14-19-5-3-4-6-22(19)26)23(32)15-33-25-29-28-24(31(25)20-7-8-20)18-9-11-27-12-10-18/h3-6,9-13,20H,7-8,14-15H2,1-2H3. The van der Waals surface area contributed by atoms with Crippen LogP contribution >= 0.6 is 23.4 Å². The van der Waals surface area contributed by atoms with Crippen LogP contribution < -0.4 is 0 Å². The third-order valence-corrected chi connectivity index (χ3v) is 7.32. The summed E-state index contributed by atoms with van der Waals surface area (Å²) in [5, 5.41) is 10.4. The number of hydrogen-bond donors (Lipinski definition) is 0. The Labute approximate surface area is 202 Å². The van der Waals surface area contributed by atoms with Crippen LogP contribution in [-0.4, -0.2) is 35.9 Å². The number of nitrogens with zero attached hydrogens (tertiary/aromatic N) is 5. The molecule has 1 aliphatic carbocycles. The average Bonchev–Trinajstić information content (AvgIpc) is 3.52. The number of aryl methyl sites for hydroxylation is 1. The third-order valence-electron chi connectivity index (χ3n) is 6.01. The predicted octanol–water partition coefficient (Wildman–Crippen LogP) is 5.77. The van der Waals surface area contributed by atoms with E-state index in [4.69, 9.17) is 11.6 Å². The maximum atomic E-state index is 13.2. The molecule has 0 bridgehead atoms. The van der Waals surface area contributed by atoms with Crippen molar-refractivity contribution in [3.63, 3.8) is 0 Å². The molecule has 8 heteroatoms. The maximum Gasteiger partial charge on any atom is 0.192 e. The van der Waals surface area contributed by atoms with Gasteiger partial charge in [0.25, 0.3) is 0 Å². The second-order valence-corrected chi connectivity index (χ2v) is 9.67. The van der Waals surface area contributed by atoms with Crippen LogP contribution in [0.4, 0.5) is 0 Å². The Balaban J connectivity index is 1.34. The first-order valence-corrected chi connectivity index (χ1v) is 12.3. The highest BCUT2D eigenvalue weighted by molar-refractivity contribution is 7.99. The van der Waals surface area contributed by atoms with E-state index in [1.807, 2.05) is 56.3 Å². The summed E-state index contributed by atoms with van der Waals surface area (Å²) in [6, 6.07) is 14.1. The zero-order valence-corrected chi connectivity index (χ0v) is 20.1. The second-order valence-electron chi connectivity index (χ2n) is 8.32. The molecule has 0 unspecified atom stereocenters. The summed E-state index contributed by atoms with van der Waals surface area (Å²) in [6.45, 7) is 4.66. The number of ketones is 1. The second kappa shape index (κ2) is 9.15. The zero-order chi connectivity index (χ0) is 22.9. The van der Waals surface area contributed by atoms with Gasteiger partial charge >= 0.3 is 0 Å². The SMILES string of the molecule is Cc1cc(C(=O)CSc2nnc(-c3ccncc3)n2C2CC2)c(C)n1Cc1ccccc1Cl. The van der Waals surface area contributed by atoms with Crippen molar-refractivity contribution in [2.24, 2.45) is 0 Å². The van der Waals surface area contributed by atoms with Crippen molar-refractivity contribution in [2.45, 2.75) is 44.4 Å². The molecule has 6 nitrogen and oxygen atoms in total. The number of thioether (sulfide) groups is 1. The van der Waals surface area contributed by atoms with Crippen molar-refractivity contribution in [1.82, 2.24) is 24.3 Å². The summed E-state index contributed by atoms with van der Waals surface area (Å²) < 4.78 is 4.32. The summed E-state index contributed by atoms with van der Waals surface area (Å²) in [5.74, 6) is 1.25. The van der Waals surface area contributed by atoms with Gasteiger partial charge in [-0.2, -0.15) is 0 Å². The van der Waals surface area contributed by atoms with Gasteiger partial charge in [-0.15, -0.1) is 10.2 Å². The number of halogens is 1. The lowest BCUT2D eigenvalue weighted by Crippen LogP contribution is -2.08. The van der Waals surface area contributed by atoms with Gasteiger partial charge in [-0.25, -0.2) is 0 Å². The summed E-state index contributed by atoms with van der Waals surface area (Å²) in [4.78, 5) is 17.3. The molecule has 0 amide bonds. The first-order chi connectivity index (χ1) is 16.0. The van der Waals surface area contributed by atoms with Crippen molar-refractivity contribution >= 4 is 29.1 Å². The summed E-state index contributed by atoms with van der Waals surface area (Å²) in [5.41, 5.74) is 4.78. The van der Waals surface area contributed by atoms with Crippen molar-refractivity contribution in [3.8, 4) is 11.4 Å². The number of hydrogen-bond acceptors (Lipinski definition) is 5. The van der Waals surface area contributed by atoms with Crippen LogP contribution in [0.2, 0.25) is 5.02 Å². The van der Waals surface area contributed by atoms with Gasteiger partial charge in [-0.05, 0) is 56.5 Å². The Morgan fingerprint density at radius 3 is 2.61 bits per heavy atom. The molecule has 1 saturated carbocycles. The van der Waals surface area contributed by atoms with E-state index in [0.717, 1.165) is 56.9 Å². The monoisotopic (exact) mass is 477 g/mol. The smallest absolute Gasteiger partial charge is 0.192 e. The molecule has 4 aromatic rings. The van der Waals surface area contributed by atoms with Crippen LogP contribution in [-0.2, 0) is 6.54 Å². The van der Waals surface area contributed by atoms with Crippen LogP contribution in [0.3, 0.4) is 0 Å². The number of rotatable bonds is 8. The third kappa shape index (κ3) is 4.48. The molecule has 1 fully saturated rings. The molecule has 5 rings (SSSR count). The van der Waals surface area contributed by atoms with Crippen LogP contribution in [0, 0.1) is 13.8 Å². The van der Waals surface area contributed by atoms with Gasteiger partial charge in [0.2, 0.25) is 0 Å². The Morgan fingerprint density at radius 2 is 1.88 bits per heavy atom. The molecular weight excluding hydrogens is 454 g/mol. The number of pyridine rings is 1. The van der Waals surface area contributed by atoms with Crippen molar-refractivity contribution in [1.29, 1.82) is 0 Å². The van der Waals surface area contributed by atoms with Crippen molar-refractivity contribution in [3.05, 3.63) is 82.4 Å². The van der Waals surface area contributed by atoms with E-state index in [1.54, 1.807) is 12.4 Å². The fourth-order valence-electron chi connectivity index (χ4n) is 4.07. The van der Waals surface area contributed by atoms with E-state index in [1.165, 1.54) is 11.8 Å². The Morgan fingerprint density at radius 1 is 1.12 bits per heavy atom. The highest BCUT2D eigenvalue weighted by atomic mass is 35.5. The molecule has 168 valence electrons. The number of aromatic nitrogens is 5. The van der Waals surface area contributed by atoms with Gasteiger partial charge in [-0.1, -0.05) is 41.6 Å². The minimum Gasteiger partial charge on any atom is -0.344 e. The molecule has 1 aliphatic rings. The van der Waals surface area contributed by atoms with Crippen molar-refractivity contribution < 1.29 is 4.79 Å². The molecule has 0 aliphatic heterocycles. The highest BCUT2D eigenvalue weighted by Crippen LogP contribution is 2.41. The van der Waals surface area contributed by atoms with Crippen LogP contribution in [0.15, 0.2) is 60.0 Å². The molecular formula is C25H24ClN5OS. The van der Waals surface area contributed by atoms with Gasteiger partial charge < -0.3 is 4.57 Å². The summed E-state index contributed by atoms with van der Waals surface area (Å²) in [6.07, 6.45) is 5.74. The number of Topliss-reactive ketones (excluding diaryl/α,β-unsaturated/α-hetero) is 1. The number of carbonyl (C=O) groups excluding carboxylic acids is 1. The largest absolute Gasteiger partial charge is 0.344 e. The maximum absolute atomic E-state index is 13.2. The predicted molar refractivity (Wildman–Crippen MR) is 131 cm³/mol. The van der Waals surface area contributed by atoms with Gasteiger partial charge in [0.1, 0.15) is 0 Å². The molecule has 33 heavy (non-hydrogen) atoms. The fraction of sp³-hybridized carbons (Fsp3) is 0.280. The highest BCUT2D eigenvalue weighted by Gasteiger charge is 2.30. The molecule has 0 saturated heterocycles. The lowest BCUT2D eigenvalue weighted by atomic mass is 10.2. The normalized spacial score (nSPS) is 13.4. The van der Waals surface area contributed by atoms with E-state index in [-0.39, 0.29) is 5.78 Å². The van der Waals surface area contributed by atoms with E-state index < -0.39 is 0 Å². The summed E-state index contributed by atoms with van der Waals surface area (Å²) >= 11 is 7.81. The van der Waals surface area contributed by atoms with Gasteiger partial charge in [0.15, 0.2) is 16.8 Å². The Hall–Kier alpha value is -2.90.